The van der Waals surface area contributed by atoms with E-state index >= 15 is 0 Å². The number of pyridine rings is 1. The minimum Gasteiger partial charge on any atom is -0.491 e. The number of benzene rings is 1. The molecule has 2 unspecified atom stereocenters. The fourth-order valence-electron chi connectivity index (χ4n) is 5.51. The maximum atomic E-state index is 13.3. The van der Waals surface area contributed by atoms with E-state index in [1.165, 1.54) is 0 Å². The van der Waals surface area contributed by atoms with Crippen molar-refractivity contribution in [2.75, 3.05) is 32.2 Å². The van der Waals surface area contributed by atoms with Gasteiger partial charge < -0.3 is 24.8 Å². The second-order valence-corrected chi connectivity index (χ2v) is 11.3. The number of amides is 2. The number of ether oxygens (including phenoxy) is 2. The fourth-order valence-corrected chi connectivity index (χ4v) is 5.51. The van der Waals surface area contributed by atoms with Crippen LogP contribution in [0.1, 0.15) is 44.1 Å². The largest absolute Gasteiger partial charge is 0.491 e. The lowest BCUT2D eigenvalue weighted by atomic mass is 9.77. The third kappa shape index (κ3) is 5.60. The van der Waals surface area contributed by atoms with E-state index in [-0.39, 0.29) is 17.4 Å². The summed E-state index contributed by atoms with van der Waals surface area (Å²) in [5.41, 5.74) is 2.44. The first-order valence-electron chi connectivity index (χ1n) is 13.5. The molecule has 0 spiro atoms. The molecule has 40 heavy (non-hydrogen) atoms. The SMILES string of the molecule is COCCOc1ccn2c(C(=O)Nc3cccc4c3cnn4CC3CCN(C(=O)O)C(C(C)(C)C)C3)cnc2c1. The lowest BCUT2D eigenvalue weighted by Gasteiger charge is -2.44. The van der Waals surface area contributed by atoms with Crippen LogP contribution < -0.4 is 10.1 Å². The molecule has 1 saturated heterocycles. The number of piperidine rings is 1. The Kier molecular flexibility index (Phi) is 7.66. The summed E-state index contributed by atoms with van der Waals surface area (Å²) in [6.45, 7) is 8.38. The van der Waals surface area contributed by atoms with Gasteiger partial charge in [-0.1, -0.05) is 26.8 Å². The number of aromatic nitrogens is 4. The molecule has 4 aromatic rings. The standard InChI is InChI=1S/C29H36N6O5/c1-29(2,3)25-14-19(8-10-34(25)28(37)38)18-35-23-7-5-6-22(21(23)16-31-35)32-27(36)24-17-30-26-15-20(9-11-33(24)26)40-13-12-39-4/h5-7,9,11,15-17,19,25H,8,10,12-14,18H2,1-4H3,(H,32,36)(H,37,38). The second kappa shape index (κ2) is 11.2. The summed E-state index contributed by atoms with van der Waals surface area (Å²) in [6.07, 6.45) is 5.79. The quantitative estimate of drug-likeness (QED) is 0.304. The average Bonchev–Trinajstić information content (AvgIpc) is 3.53. The number of likely N-dealkylation sites (tertiary alicyclic amines) is 1. The summed E-state index contributed by atoms with van der Waals surface area (Å²) in [7, 11) is 1.62. The third-order valence-electron chi connectivity index (χ3n) is 7.60. The predicted octanol–water partition coefficient (Wildman–Crippen LogP) is 4.77. The Bertz CT molecular complexity index is 1520. The highest BCUT2D eigenvalue weighted by atomic mass is 16.5. The van der Waals surface area contributed by atoms with Crippen LogP contribution in [0.3, 0.4) is 0 Å². The smallest absolute Gasteiger partial charge is 0.407 e. The Balaban J connectivity index is 1.31. The van der Waals surface area contributed by atoms with Crippen molar-refractivity contribution < 1.29 is 24.2 Å². The van der Waals surface area contributed by atoms with Crippen LogP contribution in [0.5, 0.6) is 5.75 Å². The van der Waals surface area contributed by atoms with Crippen molar-refractivity contribution >= 4 is 34.2 Å². The predicted molar refractivity (Wildman–Crippen MR) is 151 cm³/mol. The highest BCUT2D eigenvalue weighted by Crippen LogP contribution is 2.36. The first-order chi connectivity index (χ1) is 19.2. The van der Waals surface area contributed by atoms with Crippen LogP contribution in [-0.4, -0.2) is 74.1 Å². The van der Waals surface area contributed by atoms with Crippen molar-refractivity contribution in [2.45, 2.75) is 46.2 Å². The number of fused-ring (bicyclic) bond motifs is 2. The number of imidazole rings is 1. The molecule has 2 amide bonds. The Hall–Kier alpha value is -4.12. The lowest BCUT2D eigenvalue weighted by molar-refractivity contribution is 0.0369. The monoisotopic (exact) mass is 548 g/mol. The maximum Gasteiger partial charge on any atom is 0.407 e. The summed E-state index contributed by atoms with van der Waals surface area (Å²) in [5.74, 6) is 0.666. The average molecular weight is 549 g/mol. The zero-order valence-corrected chi connectivity index (χ0v) is 23.3. The second-order valence-electron chi connectivity index (χ2n) is 11.3. The number of methoxy groups -OCH3 is 1. The number of hydrogen-bond acceptors (Lipinski definition) is 6. The molecule has 3 aromatic heterocycles. The summed E-state index contributed by atoms with van der Waals surface area (Å²) in [6, 6.07) is 9.26. The Morgan fingerprint density at radius 2 is 2.00 bits per heavy atom. The molecular formula is C29H36N6O5. The van der Waals surface area contributed by atoms with Crippen LogP contribution in [0.25, 0.3) is 16.6 Å². The fraction of sp³-hybridized carbons (Fsp3) is 0.448. The van der Waals surface area contributed by atoms with Gasteiger partial charge in [-0.25, -0.2) is 9.78 Å². The molecule has 0 radical (unpaired) electrons. The van der Waals surface area contributed by atoms with Crippen molar-refractivity contribution in [1.82, 2.24) is 24.1 Å². The normalized spacial score (nSPS) is 17.9. The Morgan fingerprint density at radius 1 is 1.18 bits per heavy atom. The van der Waals surface area contributed by atoms with E-state index in [4.69, 9.17) is 9.47 Å². The van der Waals surface area contributed by atoms with Crippen molar-refractivity contribution in [3.63, 3.8) is 0 Å². The summed E-state index contributed by atoms with van der Waals surface area (Å²) < 4.78 is 14.3. The van der Waals surface area contributed by atoms with E-state index in [1.54, 1.807) is 47.1 Å². The van der Waals surface area contributed by atoms with E-state index in [0.717, 1.165) is 23.7 Å². The lowest BCUT2D eigenvalue weighted by Crippen LogP contribution is -2.52. The molecule has 1 aromatic carbocycles. The van der Waals surface area contributed by atoms with Gasteiger partial charge in [0, 0.05) is 43.9 Å². The van der Waals surface area contributed by atoms with Gasteiger partial charge in [0.1, 0.15) is 23.7 Å². The number of rotatable bonds is 8. The highest BCUT2D eigenvalue weighted by molar-refractivity contribution is 6.08. The third-order valence-corrected chi connectivity index (χ3v) is 7.60. The summed E-state index contributed by atoms with van der Waals surface area (Å²) in [5, 5.41) is 18.2. The van der Waals surface area contributed by atoms with Gasteiger partial charge in [-0.05, 0) is 42.4 Å². The number of nitrogens with zero attached hydrogens (tertiary/aromatic N) is 5. The first kappa shape index (κ1) is 27.4. The minimum atomic E-state index is -0.856. The molecule has 0 bridgehead atoms. The summed E-state index contributed by atoms with van der Waals surface area (Å²) in [4.78, 5) is 31.0. The first-order valence-corrected chi connectivity index (χ1v) is 13.5. The minimum absolute atomic E-state index is 0.0566. The molecule has 1 aliphatic heterocycles. The van der Waals surface area contributed by atoms with Crippen LogP contribution in [-0.2, 0) is 11.3 Å². The van der Waals surface area contributed by atoms with Crippen molar-refractivity contribution in [1.29, 1.82) is 0 Å². The van der Waals surface area contributed by atoms with Gasteiger partial charge in [-0.15, -0.1) is 0 Å². The number of anilines is 1. The molecule has 4 heterocycles. The van der Waals surface area contributed by atoms with Crippen LogP contribution in [0, 0.1) is 11.3 Å². The van der Waals surface area contributed by atoms with Gasteiger partial charge in [0.25, 0.3) is 5.91 Å². The zero-order valence-electron chi connectivity index (χ0n) is 23.3. The molecule has 1 fully saturated rings. The van der Waals surface area contributed by atoms with Crippen LogP contribution in [0.2, 0.25) is 0 Å². The van der Waals surface area contributed by atoms with Gasteiger partial charge in [-0.3, -0.25) is 13.9 Å². The van der Waals surface area contributed by atoms with Crippen LogP contribution in [0.4, 0.5) is 10.5 Å². The molecule has 212 valence electrons. The number of carbonyl (C=O) groups excluding carboxylic acids is 1. The number of nitrogens with one attached hydrogen (secondary N) is 1. The van der Waals surface area contributed by atoms with E-state index in [0.29, 0.717) is 55.0 Å². The molecule has 2 N–H and O–H groups in total. The molecular weight excluding hydrogens is 512 g/mol. The van der Waals surface area contributed by atoms with Gasteiger partial charge >= 0.3 is 6.09 Å². The zero-order chi connectivity index (χ0) is 28.4. The number of carbonyl (C=O) groups is 2. The number of hydrogen-bond donors (Lipinski definition) is 2. The molecule has 0 saturated carbocycles. The molecule has 11 nitrogen and oxygen atoms in total. The molecule has 5 rings (SSSR count). The Labute approximate surface area is 232 Å². The van der Waals surface area contributed by atoms with Gasteiger partial charge in [0.15, 0.2) is 0 Å². The van der Waals surface area contributed by atoms with E-state index in [9.17, 15) is 14.7 Å². The topological polar surface area (TPSA) is 123 Å². The number of carboxylic acid groups (broad SMARTS) is 1. The molecule has 1 aliphatic rings. The van der Waals surface area contributed by atoms with E-state index < -0.39 is 6.09 Å². The van der Waals surface area contributed by atoms with Crippen molar-refractivity contribution in [3.8, 4) is 5.75 Å². The van der Waals surface area contributed by atoms with E-state index in [1.807, 2.05) is 22.9 Å². The molecule has 0 aliphatic carbocycles. The molecule has 11 heteroatoms. The molecule has 2 atom stereocenters. The Morgan fingerprint density at radius 3 is 2.75 bits per heavy atom. The van der Waals surface area contributed by atoms with Crippen molar-refractivity contribution in [2.24, 2.45) is 11.3 Å². The van der Waals surface area contributed by atoms with Gasteiger partial charge in [0.05, 0.1) is 30.2 Å². The van der Waals surface area contributed by atoms with Crippen LogP contribution >= 0.6 is 0 Å². The van der Waals surface area contributed by atoms with Crippen molar-refractivity contribution in [3.05, 3.63) is 54.6 Å². The summed E-state index contributed by atoms with van der Waals surface area (Å²) >= 11 is 0. The highest BCUT2D eigenvalue weighted by Gasteiger charge is 2.38. The van der Waals surface area contributed by atoms with E-state index in [2.05, 4.69) is 36.2 Å². The van der Waals surface area contributed by atoms with Crippen LogP contribution in [0.15, 0.2) is 48.9 Å². The maximum absolute atomic E-state index is 13.3. The van der Waals surface area contributed by atoms with Gasteiger partial charge in [0.2, 0.25) is 0 Å². The van der Waals surface area contributed by atoms with Gasteiger partial charge in [-0.2, -0.15) is 5.10 Å².